The maximum Gasteiger partial charge on any atom is 0.471 e. The monoisotopic (exact) mass is 459 g/mol. The number of nitrogens with zero attached hydrogens (tertiary/aromatic N) is 3. The van der Waals surface area contributed by atoms with Crippen LogP contribution in [0.3, 0.4) is 0 Å². The number of hydrogen-bond acceptors (Lipinski definition) is 4. The van der Waals surface area contributed by atoms with Gasteiger partial charge in [-0.15, -0.1) is 0 Å². The Morgan fingerprint density at radius 1 is 1.22 bits per heavy atom. The fourth-order valence-electron chi connectivity index (χ4n) is 4.17. The number of aromatic nitrogens is 1. The maximum atomic E-state index is 15.6. The quantitative estimate of drug-likeness (QED) is 0.712. The van der Waals surface area contributed by atoms with Crippen molar-refractivity contribution in [1.82, 2.24) is 9.47 Å². The lowest BCUT2D eigenvalue weighted by Gasteiger charge is -2.51. The maximum absolute atomic E-state index is 15.6. The lowest BCUT2D eigenvalue weighted by atomic mass is 9.94. The van der Waals surface area contributed by atoms with Crippen molar-refractivity contribution in [2.75, 3.05) is 18.5 Å². The minimum Gasteiger partial charge on any atom is -0.477 e. The summed E-state index contributed by atoms with van der Waals surface area (Å²) in [7, 11) is 0.972. The zero-order valence-electron chi connectivity index (χ0n) is 16.9. The van der Waals surface area contributed by atoms with E-state index in [9.17, 15) is 37.1 Å². The van der Waals surface area contributed by atoms with Gasteiger partial charge in [0.1, 0.15) is 17.1 Å². The van der Waals surface area contributed by atoms with Gasteiger partial charge in [0, 0.05) is 31.9 Å². The van der Waals surface area contributed by atoms with Crippen molar-refractivity contribution < 1.29 is 36.6 Å². The summed E-state index contributed by atoms with van der Waals surface area (Å²) in [6, 6.07) is -1.27. The van der Waals surface area contributed by atoms with Crippen molar-refractivity contribution in [2.24, 2.45) is 0 Å². The summed E-state index contributed by atoms with van der Waals surface area (Å²) in [6.45, 7) is 1.18. The van der Waals surface area contributed by atoms with E-state index in [2.05, 4.69) is 0 Å². The number of carboxylic acid groups (broad SMARTS) is 1. The Balaban J connectivity index is 1.78. The largest absolute Gasteiger partial charge is 0.477 e. The molecule has 0 bridgehead atoms. The molecule has 4 rings (SSSR count). The molecule has 2 heterocycles. The van der Waals surface area contributed by atoms with Gasteiger partial charge in [0.05, 0.1) is 16.9 Å². The van der Waals surface area contributed by atoms with E-state index in [0.29, 0.717) is 17.7 Å². The van der Waals surface area contributed by atoms with Crippen LogP contribution in [0, 0.1) is 11.6 Å². The van der Waals surface area contributed by atoms with Crippen LogP contribution in [0.5, 0.6) is 0 Å². The number of anilines is 1. The fourth-order valence-corrected chi connectivity index (χ4v) is 4.17. The lowest BCUT2D eigenvalue weighted by Crippen LogP contribution is -2.67. The molecule has 12 heteroatoms. The molecule has 32 heavy (non-hydrogen) atoms. The number of aromatic carboxylic acids is 1. The lowest BCUT2D eigenvalue weighted by molar-refractivity contribution is -0.187. The highest BCUT2D eigenvalue weighted by Gasteiger charge is 2.49. The number of fused-ring (bicyclic) bond motifs is 1. The second kappa shape index (κ2) is 7.17. The molecule has 1 amide bonds. The Morgan fingerprint density at radius 3 is 2.34 bits per heavy atom. The minimum absolute atomic E-state index is 0.249. The summed E-state index contributed by atoms with van der Waals surface area (Å²) in [6.07, 6.45) is -2.80. The topological polar surface area (TPSA) is 82.8 Å². The van der Waals surface area contributed by atoms with Gasteiger partial charge in [-0.1, -0.05) is 0 Å². The highest BCUT2D eigenvalue weighted by Crippen LogP contribution is 2.41. The number of carbonyl (C=O) groups excluding carboxylic acids is 1. The fraction of sp³-hybridized carbons (Fsp3) is 0.450. The molecule has 2 aliphatic rings. The van der Waals surface area contributed by atoms with E-state index < -0.39 is 63.8 Å². The minimum atomic E-state index is -5.07. The van der Waals surface area contributed by atoms with E-state index in [1.165, 1.54) is 16.4 Å². The highest BCUT2D eigenvalue weighted by molar-refractivity contribution is 5.94. The van der Waals surface area contributed by atoms with Crippen molar-refractivity contribution in [3.05, 3.63) is 39.7 Å². The van der Waals surface area contributed by atoms with E-state index in [-0.39, 0.29) is 18.1 Å². The number of alkyl halides is 3. The molecule has 1 aliphatic heterocycles. The Bertz CT molecular complexity index is 1200. The van der Waals surface area contributed by atoms with Crippen molar-refractivity contribution in [3.63, 3.8) is 0 Å². The van der Waals surface area contributed by atoms with E-state index in [1.807, 2.05) is 0 Å². The van der Waals surface area contributed by atoms with Gasteiger partial charge >= 0.3 is 18.1 Å². The van der Waals surface area contributed by atoms with Gasteiger partial charge in [-0.3, -0.25) is 9.59 Å². The summed E-state index contributed by atoms with van der Waals surface area (Å²) in [5, 5.41) is 8.85. The zero-order valence-corrected chi connectivity index (χ0v) is 16.9. The highest BCUT2D eigenvalue weighted by atomic mass is 19.4. The Kier molecular flexibility index (Phi) is 4.94. The van der Waals surface area contributed by atoms with Gasteiger partial charge in [0.2, 0.25) is 5.43 Å². The summed E-state index contributed by atoms with van der Waals surface area (Å²) in [5.41, 5.74) is -2.43. The molecule has 1 N–H and O–H groups in total. The number of carbonyl (C=O) groups is 2. The molecule has 1 saturated heterocycles. The number of halogens is 5. The summed E-state index contributed by atoms with van der Waals surface area (Å²) in [5.74, 6) is -5.83. The molecule has 1 aromatic carbocycles. The van der Waals surface area contributed by atoms with Crippen LogP contribution in [0.4, 0.5) is 27.6 Å². The predicted octanol–water partition coefficient (Wildman–Crippen LogP) is 2.91. The van der Waals surface area contributed by atoms with Gasteiger partial charge in [-0.05, 0) is 25.8 Å². The SMILES string of the molecule is C[C@@H]1[C@@H](N(C)C(=O)C(F)(F)F)CN1c1c(F)cc2c(=O)c(C(=O)O)cn(C3CC3)c2c1F. The number of pyridine rings is 1. The van der Waals surface area contributed by atoms with E-state index >= 15 is 4.39 Å². The molecule has 2 atom stereocenters. The number of benzene rings is 1. The van der Waals surface area contributed by atoms with Crippen molar-refractivity contribution in [1.29, 1.82) is 0 Å². The molecule has 172 valence electrons. The molecule has 7 nitrogen and oxygen atoms in total. The van der Waals surface area contributed by atoms with Gasteiger partial charge in [-0.25, -0.2) is 13.6 Å². The molecule has 2 fully saturated rings. The zero-order chi connectivity index (χ0) is 23.7. The molecule has 1 aliphatic carbocycles. The first kappa shape index (κ1) is 22.0. The Morgan fingerprint density at radius 2 is 1.84 bits per heavy atom. The average Bonchev–Trinajstić information content (AvgIpc) is 3.53. The molecule has 1 aromatic heterocycles. The standard InChI is InChI=1S/C20H18F5N3O4/c1-8-13(26(2)19(32)20(23,24)25)7-27(8)16-12(21)5-10-15(14(16)22)28(9-3-4-9)6-11(17(10)29)18(30)31/h5-6,8-9,13H,3-4,7H2,1-2H3,(H,30,31)/t8-,13+/m1/s1. The van der Waals surface area contributed by atoms with Crippen LogP contribution in [-0.2, 0) is 4.79 Å². The molecule has 2 aromatic rings. The van der Waals surface area contributed by atoms with Crippen LogP contribution < -0.4 is 10.3 Å². The van der Waals surface area contributed by atoms with Crippen LogP contribution in [0.2, 0.25) is 0 Å². The Hall–Kier alpha value is -3.18. The molecular formula is C20H18F5N3O4. The summed E-state index contributed by atoms with van der Waals surface area (Å²) < 4.78 is 70.0. The number of hydrogen-bond donors (Lipinski definition) is 1. The second-order valence-electron chi connectivity index (χ2n) is 8.11. The van der Waals surface area contributed by atoms with Gasteiger partial charge < -0.3 is 19.5 Å². The van der Waals surface area contributed by atoms with Crippen molar-refractivity contribution >= 4 is 28.5 Å². The molecule has 0 radical (unpaired) electrons. The van der Waals surface area contributed by atoms with Crippen molar-refractivity contribution in [3.8, 4) is 0 Å². The molecule has 0 spiro atoms. The molecule has 1 saturated carbocycles. The van der Waals surface area contributed by atoms with Crippen LogP contribution >= 0.6 is 0 Å². The van der Waals surface area contributed by atoms with Crippen LogP contribution in [-0.4, -0.2) is 58.3 Å². The second-order valence-corrected chi connectivity index (χ2v) is 8.11. The van der Waals surface area contributed by atoms with E-state index in [1.54, 1.807) is 0 Å². The number of amides is 1. The summed E-state index contributed by atoms with van der Waals surface area (Å²) in [4.78, 5) is 37.1. The number of carboxylic acids is 1. The summed E-state index contributed by atoms with van der Waals surface area (Å²) >= 11 is 0. The third-order valence-electron chi connectivity index (χ3n) is 6.13. The van der Waals surface area contributed by atoms with Crippen LogP contribution in [0.25, 0.3) is 10.9 Å². The van der Waals surface area contributed by atoms with Crippen LogP contribution in [0.15, 0.2) is 17.1 Å². The number of likely N-dealkylation sites (N-methyl/N-ethyl adjacent to an activating group) is 1. The van der Waals surface area contributed by atoms with Crippen molar-refractivity contribution in [2.45, 2.75) is 44.1 Å². The first-order valence-corrected chi connectivity index (χ1v) is 9.75. The number of rotatable bonds is 4. The Labute approximate surface area is 177 Å². The normalized spacial score (nSPS) is 20.9. The molecular weight excluding hydrogens is 441 g/mol. The van der Waals surface area contributed by atoms with E-state index in [4.69, 9.17) is 0 Å². The molecule has 0 unspecified atom stereocenters. The third-order valence-corrected chi connectivity index (χ3v) is 6.13. The first-order valence-electron chi connectivity index (χ1n) is 9.75. The first-order chi connectivity index (χ1) is 14.8. The third kappa shape index (κ3) is 3.28. The average molecular weight is 459 g/mol. The van der Waals surface area contributed by atoms with Gasteiger partial charge in [0.25, 0.3) is 0 Å². The predicted molar refractivity (Wildman–Crippen MR) is 103 cm³/mol. The smallest absolute Gasteiger partial charge is 0.471 e. The van der Waals surface area contributed by atoms with Gasteiger partial charge in [0.15, 0.2) is 5.82 Å². The van der Waals surface area contributed by atoms with Crippen LogP contribution in [0.1, 0.15) is 36.2 Å². The van der Waals surface area contributed by atoms with Gasteiger partial charge in [-0.2, -0.15) is 13.2 Å². The van der Waals surface area contributed by atoms with E-state index in [0.717, 1.165) is 19.3 Å².